The summed E-state index contributed by atoms with van der Waals surface area (Å²) in [4.78, 5) is 10.5. The molecule has 1 aromatic carbocycles. The highest BCUT2D eigenvalue weighted by atomic mass is 35.5. The molecule has 2 rings (SSSR count). The molecular weight excluding hydrogens is 326 g/mol. The van der Waals surface area contributed by atoms with Gasteiger partial charge in [0.2, 0.25) is 0 Å². The Morgan fingerprint density at radius 3 is 2.57 bits per heavy atom. The molecule has 0 unspecified atom stereocenters. The fourth-order valence-corrected chi connectivity index (χ4v) is 3.22. The van der Waals surface area contributed by atoms with Crippen LogP contribution >= 0.6 is 11.6 Å². The van der Waals surface area contributed by atoms with Crippen molar-refractivity contribution in [3.8, 4) is 6.07 Å². The van der Waals surface area contributed by atoms with Crippen LogP contribution in [0, 0.1) is 23.0 Å². The van der Waals surface area contributed by atoms with Gasteiger partial charge in [0.1, 0.15) is 11.8 Å². The van der Waals surface area contributed by atoms with E-state index in [0.717, 1.165) is 12.3 Å². The first-order chi connectivity index (χ1) is 9.78. The van der Waals surface area contributed by atoms with Crippen LogP contribution < -0.4 is 0 Å². The van der Waals surface area contributed by atoms with Crippen molar-refractivity contribution in [2.24, 2.45) is 0 Å². The van der Waals surface area contributed by atoms with Crippen molar-refractivity contribution in [1.29, 1.82) is 5.26 Å². The average molecular weight is 331 g/mol. The molecule has 0 bridgehead atoms. The molecule has 9 heteroatoms. The van der Waals surface area contributed by atoms with E-state index in [4.69, 9.17) is 16.9 Å². The van der Waals surface area contributed by atoms with E-state index in [2.05, 4.69) is 0 Å². The molecule has 0 saturated heterocycles. The van der Waals surface area contributed by atoms with Crippen LogP contribution in [0.1, 0.15) is 16.1 Å². The summed E-state index contributed by atoms with van der Waals surface area (Å²) in [6.45, 7) is 0. The van der Waals surface area contributed by atoms with Crippen LogP contribution in [-0.4, -0.2) is 17.6 Å². The molecule has 0 radical (unpaired) electrons. The van der Waals surface area contributed by atoms with Gasteiger partial charge in [-0.3, -0.25) is 4.79 Å². The number of hydrogen-bond acceptors (Lipinski definition) is 4. The Labute approximate surface area is 123 Å². The highest BCUT2D eigenvalue weighted by molar-refractivity contribution is 7.90. The SMILES string of the molecule is N#Cc1cc(S(=O)(=O)n2cccc2C(=O)Cl)cc(F)c1F. The molecule has 0 spiro atoms. The Morgan fingerprint density at radius 1 is 1.33 bits per heavy atom. The number of nitrogens with zero attached hydrogens (tertiary/aromatic N) is 2. The van der Waals surface area contributed by atoms with Crippen molar-refractivity contribution >= 4 is 26.9 Å². The summed E-state index contributed by atoms with van der Waals surface area (Å²) in [6, 6.07) is 4.85. The quantitative estimate of drug-likeness (QED) is 0.808. The molecule has 0 saturated carbocycles. The summed E-state index contributed by atoms with van der Waals surface area (Å²) in [5.74, 6) is -2.93. The number of benzene rings is 1. The standard InChI is InChI=1S/C12H5ClF2N2O3S/c13-12(18)10-2-1-3-17(10)21(19,20)8-4-7(6-16)11(15)9(14)5-8/h1-5H. The molecule has 1 aromatic heterocycles. The average Bonchev–Trinajstić information content (AvgIpc) is 2.91. The van der Waals surface area contributed by atoms with Crippen molar-refractivity contribution in [1.82, 2.24) is 3.97 Å². The van der Waals surface area contributed by atoms with Crippen LogP contribution in [0.2, 0.25) is 0 Å². The number of rotatable bonds is 3. The Morgan fingerprint density at radius 2 is 2.00 bits per heavy atom. The number of hydrogen-bond donors (Lipinski definition) is 0. The molecule has 5 nitrogen and oxygen atoms in total. The third-order valence-electron chi connectivity index (χ3n) is 2.59. The summed E-state index contributed by atoms with van der Waals surface area (Å²) < 4.78 is 51.7. The van der Waals surface area contributed by atoms with E-state index < -0.39 is 37.4 Å². The van der Waals surface area contributed by atoms with Gasteiger partial charge in [-0.1, -0.05) is 0 Å². The van der Waals surface area contributed by atoms with Crippen LogP contribution in [0.3, 0.4) is 0 Å². The zero-order valence-electron chi connectivity index (χ0n) is 10.0. The topological polar surface area (TPSA) is 79.9 Å². The maximum atomic E-state index is 13.4. The lowest BCUT2D eigenvalue weighted by atomic mass is 10.2. The number of nitriles is 1. The molecule has 0 amide bonds. The zero-order chi connectivity index (χ0) is 15.8. The summed E-state index contributed by atoms with van der Waals surface area (Å²) in [6.07, 6.45) is 1.03. The maximum absolute atomic E-state index is 13.4. The lowest BCUT2D eigenvalue weighted by Crippen LogP contribution is -2.17. The molecule has 0 aliphatic rings. The van der Waals surface area contributed by atoms with E-state index in [1.165, 1.54) is 12.1 Å². The van der Waals surface area contributed by atoms with E-state index in [-0.39, 0.29) is 5.69 Å². The molecule has 0 atom stereocenters. The Kier molecular flexibility index (Phi) is 3.80. The highest BCUT2D eigenvalue weighted by Crippen LogP contribution is 2.22. The van der Waals surface area contributed by atoms with Gasteiger partial charge in [-0.25, -0.2) is 21.2 Å². The van der Waals surface area contributed by atoms with Gasteiger partial charge in [0.25, 0.3) is 15.3 Å². The monoisotopic (exact) mass is 330 g/mol. The van der Waals surface area contributed by atoms with Crippen LogP contribution in [0.25, 0.3) is 0 Å². The fourth-order valence-electron chi connectivity index (χ4n) is 1.64. The number of carbonyl (C=O) groups is 1. The van der Waals surface area contributed by atoms with Gasteiger partial charge >= 0.3 is 0 Å². The molecule has 108 valence electrons. The molecule has 21 heavy (non-hydrogen) atoms. The van der Waals surface area contributed by atoms with Gasteiger partial charge in [-0.2, -0.15) is 5.26 Å². The van der Waals surface area contributed by atoms with Crippen LogP contribution in [-0.2, 0) is 10.0 Å². The number of halogens is 3. The summed E-state index contributed by atoms with van der Waals surface area (Å²) >= 11 is 5.25. The van der Waals surface area contributed by atoms with E-state index in [0.29, 0.717) is 16.1 Å². The molecule has 0 aliphatic carbocycles. The minimum absolute atomic E-state index is 0.361. The maximum Gasteiger partial charge on any atom is 0.269 e. The van der Waals surface area contributed by atoms with Crippen molar-refractivity contribution < 1.29 is 22.0 Å². The van der Waals surface area contributed by atoms with E-state index in [1.54, 1.807) is 0 Å². The molecule has 0 aliphatic heterocycles. The normalized spacial score (nSPS) is 11.1. The lowest BCUT2D eigenvalue weighted by molar-refractivity contribution is 0.107. The van der Waals surface area contributed by atoms with Gasteiger partial charge < -0.3 is 0 Å². The van der Waals surface area contributed by atoms with Crippen LogP contribution in [0.15, 0.2) is 35.4 Å². The Balaban J connectivity index is 2.71. The highest BCUT2D eigenvalue weighted by Gasteiger charge is 2.24. The van der Waals surface area contributed by atoms with Crippen LogP contribution in [0.4, 0.5) is 8.78 Å². The van der Waals surface area contributed by atoms with Crippen LogP contribution in [0.5, 0.6) is 0 Å². The minimum Gasteiger partial charge on any atom is -0.274 e. The van der Waals surface area contributed by atoms with Gasteiger partial charge in [-0.15, -0.1) is 0 Å². The predicted molar refractivity (Wildman–Crippen MR) is 68.3 cm³/mol. The zero-order valence-corrected chi connectivity index (χ0v) is 11.6. The van der Waals surface area contributed by atoms with E-state index in [9.17, 15) is 22.0 Å². The second kappa shape index (κ2) is 5.27. The van der Waals surface area contributed by atoms with Gasteiger partial charge in [0.05, 0.1) is 10.5 Å². The fraction of sp³-hybridized carbons (Fsp3) is 0. The second-order valence-corrected chi connectivity index (χ2v) is 6.00. The summed E-state index contributed by atoms with van der Waals surface area (Å²) in [5.41, 5.74) is -1.13. The molecule has 1 heterocycles. The molecular formula is C12H5ClF2N2O3S. The second-order valence-electron chi connectivity index (χ2n) is 3.85. The number of aromatic nitrogens is 1. The lowest BCUT2D eigenvalue weighted by Gasteiger charge is -2.09. The van der Waals surface area contributed by atoms with Crippen molar-refractivity contribution in [3.05, 3.63) is 53.4 Å². The van der Waals surface area contributed by atoms with Crippen molar-refractivity contribution in [3.63, 3.8) is 0 Å². The molecule has 0 fully saturated rings. The first-order valence-corrected chi connectivity index (χ1v) is 7.12. The third-order valence-corrected chi connectivity index (χ3v) is 4.45. The predicted octanol–water partition coefficient (Wildman–Crippen LogP) is 2.25. The van der Waals surface area contributed by atoms with E-state index in [1.807, 2.05) is 0 Å². The largest absolute Gasteiger partial charge is 0.274 e. The molecule has 2 aromatic rings. The van der Waals surface area contributed by atoms with Crippen molar-refractivity contribution in [2.75, 3.05) is 0 Å². The number of carbonyl (C=O) groups excluding carboxylic acids is 1. The van der Waals surface area contributed by atoms with Gasteiger partial charge in [0.15, 0.2) is 11.6 Å². The van der Waals surface area contributed by atoms with E-state index >= 15 is 0 Å². The molecule has 0 N–H and O–H groups in total. The third kappa shape index (κ3) is 2.53. The summed E-state index contributed by atoms with van der Waals surface area (Å²) in [7, 11) is -4.39. The van der Waals surface area contributed by atoms with Gasteiger partial charge in [0, 0.05) is 6.20 Å². The Bertz CT molecular complexity index is 884. The Hall–Kier alpha value is -2.24. The first kappa shape index (κ1) is 15.2. The van der Waals surface area contributed by atoms with Crippen molar-refractivity contribution in [2.45, 2.75) is 4.90 Å². The summed E-state index contributed by atoms with van der Waals surface area (Å²) in [5, 5.41) is 7.64. The first-order valence-electron chi connectivity index (χ1n) is 5.31. The minimum atomic E-state index is -4.39. The smallest absolute Gasteiger partial charge is 0.269 e. The van der Waals surface area contributed by atoms with Gasteiger partial charge in [-0.05, 0) is 35.9 Å².